The molecule has 0 spiro atoms. The van der Waals surface area contributed by atoms with Crippen molar-refractivity contribution in [2.75, 3.05) is 0 Å². The van der Waals surface area contributed by atoms with Crippen LogP contribution in [0.1, 0.15) is 70.5 Å². The lowest BCUT2D eigenvalue weighted by Gasteiger charge is -2.11. The van der Waals surface area contributed by atoms with Gasteiger partial charge in [0, 0.05) is 18.3 Å². The average molecular weight is 341 g/mol. The second-order valence-corrected chi connectivity index (χ2v) is 6.36. The highest BCUT2D eigenvalue weighted by atomic mass is 16.1. The molecule has 0 aliphatic heterocycles. The number of aromatic amines is 1. The fraction of sp³-hybridized carbons (Fsp3) is 0.474. The zero-order valence-electron chi connectivity index (χ0n) is 15.9. The number of H-pyrrole nitrogens is 1. The number of nitrogens with zero attached hydrogens (tertiary/aromatic N) is 4. The van der Waals surface area contributed by atoms with E-state index in [1.54, 1.807) is 17.1 Å². The molecule has 0 saturated carbocycles. The third-order valence-electron chi connectivity index (χ3n) is 3.78. The van der Waals surface area contributed by atoms with E-state index in [2.05, 4.69) is 33.9 Å². The van der Waals surface area contributed by atoms with Crippen molar-refractivity contribution in [2.24, 2.45) is 0 Å². The quantitative estimate of drug-likeness (QED) is 0.782. The lowest BCUT2D eigenvalue weighted by molar-refractivity contribution is 0.683. The molecular formula is C19H27N5O. The topological polar surface area (TPSA) is 76.5 Å². The number of rotatable bonds is 4. The highest BCUT2D eigenvalue weighted by Crippen LogP contribution is 2.23. The molecule has 0 aliphatic rings. The molecule has 0 bridgehead atoms. The SMILES string of the molecule is CC.CC(C)c1nc(C(C)C)c2c(=O)[nH]n(Cc3cccnc3)c2n1. The molecule has 25 heavy (non-hydrogen) atoms. The predicted molar refractivity (Wildman–Crippen MR) is 101 cm³/mol. The summed E-state index contributed by atoms with van der Waals surface area (Å²) in [6.07, 6.45) is 3.52. The van der Waals surface area contributed by atoms with Gasteiger partial charge in [0.15, 0.2) is 5.65 Å². The number of fused-ring (bicyclic) bond motifs is 1. The van der Waals surface area contributed by atoms with E-state index in [1.807, 2.05) is 39.8 Å². The van der Waals surface area contributed by atoms with Gasteiger partial charge in [-0.2, -0.15) is 0 Å². The lowest BCUT2D eigenvalue weighted by atomic mass is 10.1. The van der Waals surface area contributed by atoms with Crippen LogP contribution in [0.3, 0.4) is 0 Å². The molecule has 3 rings (SSSR count). The third kappa shape index (κ3) is 3.95. The molecule has 6 nitrogen and oxygen atoms in total. The van der Waals surface area contributed by atoms with Crippen molar-refractivity contribution in [1.82, 2.24) is 24.7 Å². The normalized spacial score (nSPS) is 11.0. The van der Waals surface area contributed by atoms with Crippen molar-refractivity contribution in [3.63, 3.8) is 0 Å². The minimum Gasteiger partial charge on any atom is -0.267 e. The minimum atomic E-state index is -0.136. The summed E-state index contributed by atoms with van der Waals surface area (Å²) < 4.78 is 1.79. The first-order valence-corrected chi connectivity index (χ1v) is 8.86. The van der Waals surface area contributed by atoms with Crippen LogP contribution in [-0.4, -0.2) is 24.7 Å². The van der Waals surface area contributed by atoms with Crippen LogP contribution in [0.2, 0.25) is 0 Å². The van der Waals surface area contributed by atoms with Gasteiger partial charge in [-0.3, -0.25) is 19.6 Å². The highest BCUT2D eigenvalue weighted by Gasteiger charge is 2.19. The number of hydrogen-bond acceptors (Lipinski definition) is 4. The molecule has 0 fully saturated rings. The molecule has 1 N–H and O–H groups in total. The molecule has 0 amide bonds. The van der Waals surface area contributed by atoms with Gasteiger partial charge in [0.05, 0.1) is 12.2 Å². The maximum atomic E-state index is 12.4. The molecule has 0 atom stereocenters. The van der Waals surface area contributed by atoms with Crippen molar-refractivity contribution in [3.05, 3.63) is 52.0 Å². The van der Waals surface area contributed by atoms with Crippen LogP contribution in [0.15, 0.2) is 29.3 Å². The van der Waals surface area contributed by atoms with Gasteiger partial charge in [-0.15, -0.1) is 0 Å². The van der Waals surface area contributed by atoms with E-state index >= 15 is 0 Å². The molecular weight excluding hydrogens is 314 g/mol. The fourth-order valence-corrected chi connectivity index (χ4v) is 2.59. The summed E-state index contributed by atoms with van der Waals surface area (Å²) >= 11 is 0. The Kier molecular flexibility index (Phi) is 6.07. The van der Waals surface area contributed by atoms with E-state index in [0.717, 1.165) is 17.1 Å². The van der Waals surface area contributed by atoms with Crippen molar-refractivity contribution < 1.29 is 0 Å². The van der Waals surface area contributed by atoms with Crippen molar-refractivity contribution >= 4 is 11.0 Å². The minimum absolute atomic E-state index is 0.136. The Hall–Kier alpha value is -2.50. The van der Waals surface area contributed by atoms with Crippen molar-refractivity contribution in [3.8, 4) is 0 Å². The van der Waals surface area contributed by atoms with Gasteiger partial charge < -0.3 is 0 Å². The Bertz CT molecular complexity index is 878. The van der Waals surface area contributed by atoms with E-state index in [-0.39, 0.29) is 17.4 Å². The van der Waals surface area contributed by atoms with Crippen molar-refractivity contribution in [2.45, 2.75) is 59.9 Å². The summed E-state index contributed by atoms with van der Waals surface area (Å²) in [4.78, 5) is 25.8. The standard InChI is InChI=1S/C17H21N5O.C2H6/c1-10(2)14-13-16(20-15(19-14)11(3)4)22(21-17(13)23)9-12-6-5-7-18-8-12;1-2/h5-8,10-11H,9H2,1-4H3,(H,21,23);1-2H3. The van der Waals surface area contributed by atoms with E-state index in [0.29, 0.717) is 17.6 Å². The Balaban J connectivity index is 0.00000109. The summed E-state index contributed by atoms with van der Waals surface area (Å²) in [5, 5.41) is 3.48. The zero-order valence-corrected chi connectivity index (χ0v) is 15.9. The first kappa shape index (κ1) is 18.8. The Morgan fingerprint density at radius 1 is 1.12 bits per heavy atom. The van der Waals surface area contributed by atoms with Gasteiger partial charge in [0.1, 0.15) is 11.2 Å². The largest absolute Gasteiger partial charge is 0.275 e. The van der Waals surface area contributed by atoms with Gasteiger partial charge in [-0.05, 0) is 17.5 Å². The Morgan fingerprint density at radius 2 is 1.84 bits per heavy atom. The summed E-state index contributed by atoms with van der Waals surface area (Å²) in [6.45, 7) is 12.7. The van der Waals surface area contributed by atoms with Crippen molar-refractivity contribution in [1.29, 1.82) is 0 Å². The molecule has 3 aromatic heterocycles. The average Bonchev–Trinajstić information content (AvgIpc) is 2.92. The zero-order chi connectivity index (χ0) is 18.6. The van der Waals surface area contributed by atoms with E-state index in [4.69, 9.17) is 0 Å². The first-order chi connectivity index (χ1) is 12.0. The fourth-order valence-electron chi connectivity index (χ4n) is 2.59. The molecule has 6 heteroatoms. The summed E-state index contributed by atoms with van der Waals surface area (Å²) in [6, 6.07) is 3.86. The third-order valence-corrected chi connectivity index (χ3v) is 3.78. The smallest absolute Gasteiger partial charge is 0.267 e. The monoisotopic (exact) mass is 341 g/mol. The van der Waals surface area contributed by atoms with Crippen LogP contribution in [0.25, 0.3) is 11.0 Å². The Labute approximate surface area is 148 Å². The van der Waals surface area contributed by atoms with Crippen LogP contribution in [0.5, 0.6) is 0 Å². The van der Waals surface area contributed by atoms with Gasteiger partial charge in [0.2, 0.25) is 0 Å². The van der Waals surface area contributed by atoms with E-state index < -0.39 is 0 Å². The molecule has 0 saturated heterocycles. The molecule has 0 unspecified atom stereocenters. The summed E-state index contributed by atoms with van der Waals surface area (Å²) in [5.41, 5.74) is 2.35. The van der Waals surface area contributed by atoms with Crippen LogP contribution < -0.4 is 5.56 Å². The molecule has 3 aromatic rings. The second-order valence-electron chi connectivity index (χ2n) is 6.36. The van der Waals surface area contributed by atoms with Crippen LogP contribution in [0, 0.1) is 0 Å². The second kappa shape index (κ2) is 8.05. The number of pyridine rings is 1. The summed E-state index contributed by atoms with van der Waals surface area (Å²) in [7, 11) is 0. The van der Waals surface area contributed by atoms with Crippen LogP contribution >= 0.6 is 0 Å². The van der Waals surface area contributed by atoms with E-state index in [1.165, 1.54) is 0 Å². The molecule has 0 radical (unpaired) electrons. The molecule has 0 aromatic carbocycles. The Morgan fingerprint density at radius 3 is 2.40 bits per heavy atom. The van der Waals surface area contributed by atoms with Gasteiger partial charge in [-0.1, -0.05) is 47.6 Å². The molecule has 134 valence electrons. The van der Waals surface area contributed by atoms with Gasteiger partial charge in [-0.25, -0.2) is 9.97 Å². The predicted octanol–water partition coefficient (Wildman–Crippen LogP) is 3.84. The highest BCUT2D eigenvalue weighted by molar-refractivity contribution is 5.77. The maximum absolute atomic E-state index is 12.4. The van der Waals surface area contributed by atoms with Crippen LogP contribution in [0.4, 0.5) is 0 Å². The van der Waals surface area contributed by atoms with Crippen LogP contribution in [-0.2, 0) is 6.54 Å². The number of aromatic nitrogens is 5. The number of nitrogens with one attached hydrogen (secondary N) is 1. The maximum Gasteiger partial charge on any atom is 0.275 e. The molecule has 3 heterocycles. The van der Waals surface area contributed by atoms with Gasteiger partial charge >= 0.3 is 0 Å². The van der Waals surface area contributed by atoms with Gasteiger partial charge in [0.25, 0.3) is 5.56 Å². The number of hydrogen-bond donors (Lipinski definition) is 1. The summed E-state index contributed by atoms with van der Waals surface area (Å²) in [5.74, 6) is 1.13. The lowest BCUT2D eigenvalue weighted by Crippen LogP contribution is -2.08. The first-order valence-electron chi connectivity index (χ1n) is 8.86. The molecule has 0 aliphatic carbocycles. The van der Waals surface area contributed by atoms with E-state index in [9.17, 15) is 4.79 Å².